The molecule has 0 aromatic heterocycles. The van der Waals surface area contributed by atoms with E-state index in [2.05, 4.69) is 0 Å². The van der Waals surface area contributed by atoms with Gasteiger partial charge < -0.3 is 9.80 Å². The zero-order valence-corrected chi connectivity index (χ0v) is 14.8. The number of nitro groups is 1. The zero-order valence-electron chi connectivity index (χ0n) is 14.0. The maximum absolute atomic E-state index is 14.2. The first-order chi connectivity index (χ1) is 12.7. The van der Waals surface area contributed by atoms with E-state index in [1.54, 1.807) is 23.1 Å². The fourth-order valence-electron chi connectivity index (χ4n) is 3.09. The summed E-state index contributed by atoms with van der Waals surface area (Å²) in [7, 11) is -3.91. The van der Waals surface area contributed by atoms with Crippen molar-refractivity contribution in [2.75, 3.05) is 36.0 Å². The van der Waals surface area contributed by atoms with Crippen molar-refractivity contribution in [1.29, 1.82) is 0 Å². The van der Waals surface area contributed by atoms with E-state index in [1.165, 1.54) is 11.0 Å². The molecule has 3 rings (SSSR count). The Morgan fingerprint density at radius 3 is 2.04 bits per heavy atom. The van der Waals surface area contributed by atoms with Gasteiger partial charge in [-0.05, 0) is 12.1 Å². The Balaban J connectivity index is 1.82. The molecule has 1 aliphatic heterocycles. The molecule has 1 fully saturated rings. The van der Waals surface area contributed by atoms with Crippen LogP contribution >= 0.6 is 0 Å². The summed E-state index contributed by atoms with van der Waals surface area (Å²) in [4.78, 5) is 13.0. The molecule has 1 aliphatic rings. The second kappa shape index (κ2) is 7.08. The second-order valence-electron chi connectivity index (χ2n) is 6.00. The second-order valence-corrected chi connectivity index (χ2v) is 7.53. The molecule has 0 saturated carbocycles. The normalized spacial score (nSPS) is 15.1. The van der Waals surface area contributed by atoms with Crippen LogP contribution in [0.3, 0.4) is 0 Å². The molecular formula is C16H16F2N4O4S. The lowest BCUT2D eigenvalue weighted by Crippen LogP contribution is -2.47. The first-order valence-electron chi connectivity index (χ1n) is 7.93. The highest BCUT2D eigenvalue weighted by molar-refractivity contribution is 7.89. The topological polar surface area (TPSA) is 110 Å². The number of primary sulfonamides is 1. The first kappa shape index (κ1) is 19.0. The number of nitrogens with two attached hydrogens (primary N) is 1. The molecule has 2 N–H and O–H groups in total. The summed E-state index contributed by atoms with van der Waals surface area (Å²) >= 11 is 0. The third-order valence-corrected chi connectivity index (χ3v) is 5.28. The molecule has 0 radical (unpaired) electrons. The highest BCUT2D eigenvalue weighted by atomic mass is 32.2. The molecule has 0 unspecified atom stereocenters. The van der Waals surface area contributed by atoms with Gasteiger partial charge in [-0.2, -0.15) is 0 Å². The molecule has 0 spiro atoms. The summed E-state index contributed by atoms with van der Waals surface area (Å²) in [6.07, 6.45) is 0. The van der Waals surface area contributed by atoms with Gasteiger partial charge in [-0.1, -0.05) is 12.1 Å². The lowest BCUT2D eigenvalue weighted by molar-refractivity contribution is -0.385. The third kappa shape index (κ3) is 3.83. The van der Waals surface area contributed by atoms with Crippen LogP contribution < -0.4 is 14.9 Å². The number of nitro benzene ring substituents is 1. The first-order valence-corrected chi connectivity index (χ1v) is 9.48. The fourth-order valence-corrected chi connectivity index (χ4v) is 3.85. The van der Waals surface area contributed by atoms with Gasteiger partial charge in [0.05, 0.1) is 22.7 Å². The van der Waals surface area contributed by atoms with Gasteiger partial charge in [0.2, 0.25) is 10.0 Å². The van der Waals surface area contributed by atoms with Gasteiger partial charge in [0.25, 0.3) is 5.69 Å². The Labute approximate surface area is 154 Å². The predicted octanol–water partition coefficient (Wildman–Crippen LogP) is 1.85. The summed E-state index contributed by atoms with van der Waals surface area (Å²) in [5.41, 5.74) is -0.571. The molecule has 2 aromatic carbocycles. The van der Waals surface area contributed by atoms with Gasteiger partial charge in [-0.3, -0.25) is 10.1 Å². The SMILES string of the molecule is NS(=O)(=O)c1ccccc1N1CCN(c2c(F)cc([N+](=O)[O-])cc2F)CC1. The van der Waals surface area contributed by atoms with E-state index in [0.717, 1.165) is 0 Å². The van der Waals surface area contributed by atoms with Gasteiger partial charge in [-0.15, -0.1) is 0 Å². The van der Waals surface area contributed by atoms with Gasteiger partial charge in [0.15, 0.2) is 11.6 Å². The molecular weight excluding hydrogens is 382 g/mol. The maximum atomic E-state index is 14.2. The number of benzene rings is 2. The number of piperazine rings is 1. The van der Waals surface area contributed by atoms with Crippen LogP contribution in [0.5, 0.6) is 0 Å². The molecule has 27 heavy (non-hydrogen) atoms. The molecule has 0 aliphatic carbocycles. The average molecular weight is 398 g/mol. The van der Waals surface area contributed by atoms with Crippen LogP contribution in [0, 0.1) is 21.7 Å². The van der Waals surface area contributed by atoms with E-state index in [9.17, 15) is 27.3 Å². The van der Waals surface area contributed by atoms with Crippen LogP contribution in [0.2, 0.25) is 0 Å². The molecule has 1 saturated heterocycles. The minimum absolute atomic E-state index is 0.0221. The van der Waals surface area contributed by atoms with E-state index >= 15 is 0 Å². The zero-order chi connectivity index (χ0) is 19.8. The quantitative estimate of drug-likeness (QED) is 0.622. The minimum atomic E-state index is -3.91. The smallest absolute Gasteiger partial charge is 0.275 e. The Morgan fingerprint density at radius 1 is 1.00 bits per heavy atom. The number of sulfonamides is 1. The monoisotopic (exact) mass is 398 g/mol. The van der Waals surface area contributed by atoms with Crippen molar-refractivity contribution in [2.45, 2.75) is 4.90 Å². The van der Waals surface area contributed by atoms with E-state index < -0.39 is 32.3 Å². The molecule has 2 aromatic rings. The molecule has 11 heteroatoms. The van der Waals surface area contributed by atoms with Crippen molar-refractivity contribution in [3.05, 3.63) is 58.1 Å². The van der Waals surface area contributed by atoms with E-state index in [-0.39, 0.29) is 23.7 Å². The highest BCUT2D eigenvalue weighted by Crippen LogP contribution is 2.31. The van der Waals surface area contributed by atoms with Crippen LogP contribution in [-0.2, 0) is 10.0 Å². The summed E-state index contributed by atoms with van der Waals surface area (Å²) in [6.45, 7) is 0.986. The molecule has 0 atom stereocenters. The van der Waals surface area contributed by atoms with Crippen LogP contribution in [0.15, 0.2) is 41.3 Å². The Bertz CT molecular complexity index is 969. The number of hydrogen-bond donors (Lipinski definition) is 1. The maximum Gasteiger partial charge on any atom is 0.275 e. The highest BCUT2D eigenvalue weighted by Gasteiger charge is 2.27. The number of non-ortho nitro benzene ring substituents is 1. The molecule has 144 valence electrons. The van der Waals surface area contributed by atoms with Gasteiger partial charge in [0.1, 0.15) is 10.6 Å². The van der Waals surface area contributed by atoms with Crippen LogP contribution in [0.25, 0.3) is 0 Å². The van der Waals surface area contributed by atoms with E-state index in [0.29, 0.717) is 30.9 Å². The number of nitrogens with zero attached hydrogens (tertiary/aromatic N) is 3. The van der Waals surface area contributed by atoms with Crippen molar-refractivity contribution < 1.29 is 22.1 Å². The van der Waals surface area contributed by atoms with Crippen LogP contribution in [-0.4, -0.2) is 39.5 Å². The molecule has 1 heterocycles. The third-order valence-electron chi connectivity index (χ3n) is 4.32. The number of rotatable bonds is 4. The largest absolute Gasteiger partial charge is 0.367 e. The van der Waals surface area contributed by atoms with E-state index in [4.69, 9.17) is 5.14 Å². The average Bonchev–Trinajstić information content (AvgIpc) is 2.61. The van der Waals surface area contributed by atoms with Crippen LogP contribution in [0.1, 0.15) is 0 Å². The fraction of sp³-hybridized carbons (Fsp3) is 0.250. The predicted molar refractivity (Wildman–Crippen MR) is 95.3 cm³/mol. The summed E-state index contributed by atoms with van der Waals surface area (Å²) in [6, 6.07) is 7.60. The van der Waals surface area contributed by atoms with Crippen molar-refractivity contribution in [3.8, 4) is 0 Å². The standard InChI is InChI=1S/C16H16F2N4O4S/c17-12-9-11(22(23)24)10-13(18)16(12)21-7-5-20(6-8-21)14-3-1-2-4-15(14)27(19,25)26/h1-4,9-10H,5-8H2,(H2,19,25,26). The minimum Gasteiger partial charge on any atom is -0.367 e. The molecule has 0 bridgehead atoms. The van der Waals surface area contributed by atoms with Gasteiger partial charge in [0, 0.05) is 26.2 Å². The number of anilines is 2. The summed E-state index contributed by atoms with van der Waals surface area (Å²) < 4.78 is 51.9. The number of para-hydroxylation sites is 1. The summed E-state index contributed by atoms with van der Waals surface area (Å²) in [5, 5.41) is 15.9. The van der Waals surface area contributed by atoms with Crippen molar-refractivity contribution in [2.24, 2.45) is 5.14 Å². The van der Waals surface area contributed by atoms with Crippen molar-refractivity contribution >= 4 is 27.1 Å². The van der Waals surface area contributed by atoms with Crippen molar-refractivity contribution in [1.82, 2.24) is 0 Å². The number of hydrogen-bond acceptors (Lipinski definition) is 6. The van der Waals surface area contributed by atoms with Gasteiger partial charge >= 0.3 is 0 Å². The van der Waals surface area contributed by atoms with Gasteiger partial charge in [-0.25, -0.2) is 22.3 Å². The lowest BCUT2D eigenvalue weighted by Gasteiger charge is -2.38. The number of halogens is 2. The Kier molecular flexibility index (Phi) is 4.98. The van der Waals surface area contributed by atoms with E-state index in [1.807, 2.05) is 0 Å². The summed E-state index contributed by atoms with van der Waals surface area (Å²) in [5.74, 6) is -2.03. The Hall–Kier alpha value is -2.79. The molecule has 8 nitrogen and oxygen atoms in total. The van der Waals surface area contributed by atoms with Crippen LogP contribution in [0.4, 0.5) is 25.8 Å². The Morgan fingerprint density at radius 2 is 1.52 bits per heavy atom. The molecule has 0 amide bonds. The lowest BCUT2D eigenvalue weighted by atomic mass is 10.2. The van der Waals surface area contributed by atoms with Crippen molar-refractivity contribution in [3.63, 3.8) is 0 Å².